The van der Waals surface area contributed by atoms with Crippen LogP contribution in [0, 0.1) is 5.92 Å². The molecule has 4 heteroatoms. The molecule has 1 saturated carbocycles. The van der Waals surface area contributed by atoms with Crippen LogP contribution in [-0.2, 0) is 6.54 Å². The summed E-state index contributed by atoms with van der Waals surface area (Å²) in [4.78, 5) is 13.6. The van der Waals surface area contributed by atoms with Gasteiger partial charge in [-0.3, -0.25) is 4.57 Å². The third-order valence-electron chi connectivity index (χ3n) is 2.80. The molecule has 0 aromatic carbocycles. The number of aromatic amines is 1. The van der Waals surface area contributed by atoms with Crippen molar-refractivity contribution in [3.8, 4) is 0 Å². The first-order valence-corrected chi connectivity index (χ1v) is 4.69. The highest BCUT2D eigenvalue weighted by Gasteiger charge is 2.25. The Balaban J connectivity index is 1.97. The van der Waals surface area contributed by atoms with Gasteiger partial charge in [-0.25, -0.2) is 4.79 Å². The summed E-state index contributed by atoms with van der Waals surface area (Å²) in [6.07, 6.45) is 6.31. The second-order valence-corrected chi connectivity index (χ2v) is 3.68. The number of aromatic nitrogens is 2. The van der Waals surface area contributed by atoms with Crippen molar-refractivity contribution < 1.29 is 5.11 Å². The molecule has 13 heavy (non-hydrogen) atoms. The molecule has 0 aliphatic heterocycles. The van der Waals surface area contributed by atoms with Crippen LogP contribution in [0.5, 0.6) is 0 Å². The zero-order valence-corrected chi connectivity index (χ0v) is 7.44. The van der Waals surface area contributed by atoms with Gasteiger partial charge in [0.2, 0.25) is 0 Å². The highest BCUT2D eigenvalue weighted by Crippen LogP contribution is 2.29. The van der Waals surface area contributed by atoms with E-state index in [-0.39, 0.29) is 11.8 Å². The van der Waals surface area contributed by atoms with Crippen LogP contribution in [-0.4, -0.2) is 20.8 Å². The molecule has 0 saturated heterocycles. The van der Waals surface area contributed by atoms with Gasteiger partial charge in [-0.2, -0.15) is 0 Å². The van der Waals surface area contributed by atoms with Gasteiger partial charge < -0.3 is 10.1 Å². The minimum Gasteiger partial charge on any atom is -0.391 e. The molecule has 2 N–H and O–H groups in total. The van der Waals surface area contributed by atoms with E-state index in [0.29, 0.717) is 12.5 Å². The van der Waals surface area contributed by atoms with Crippen molar-refractivity contribution in [2.45, 2.75) is 31.9 Å². The quantitative estimate of drug-likeness (QED) is 0.708. The van der Waals surface area contributed by atoms with Crippen LogP contribution in [0.4, 0.5) is 0 Å². The van der Waals surface area contributed by atoms with Crippen LogP contribution in [0.3, 0.4) is 0 Å². The third kappa shape index (κ3) is 1.67. The van der Waals surface area contributed by atoms with Crippen molar-refractivity contribution in [3.05, 3.63) is 22.9 Å². The first-order chi connectivity index (χ1) is 6.27. The van der Waals surface area contributed by atoms with Crippen LogP contribution in [0.1, 0.15) is 19.3 Å². The fourth-order valence-electron chi connectivity index (χ4n) is 1.67. The average Bonchev–Trinajstić information content (AvgIpc) is 2.32. The van der Waals surface area contributed by atoms with Gasteiger partial charge >= 0.3 is 5.69 Å². The lowest BCUT2D eigenvalue weighted by Gasteiger charge is -2.30. The average molecular weight is 182 g/mol. The Hall–Kier alpha value is -1.03. The minimum atomic E-state index is -0.359. The van der Waals surface area contributed by atoms with Crippen molar-refractivity contribution in [2.24, 2.45) is 5.92 Å². The Bertz CT molecular complexity index is 324. The second-order valence-electron chi connectivity index (χ2n) is 3.68. The molecular weight excluding hydrogens is 168 g/mol. The standard InChI is InChI=1S/C9H14N2O2/c12-8(7-2-1-3-7)6-11-5-4-10-9(11)13/h4-5,7-8,12H,1-3,6H2,(H,10,13). The lowest BCUT2D eigenvalue weighted by atomic mass is 9.81. The zero-order chi connectivity index (χ0) is 9.26. The fraction of sp³-hybridized carbons (Fsp3) is 0.667. The minimum absolute atomic E-state index is 0.140. The molecule has 1 aliphatic carbocycles. The van der Waals surface area contributed by atoms with Crippen molar-refractivity contribution in [1.82, 2.24) is 9.55 Å². The van der Waals surface area contributed by atoms with Crippen LogP contribution in [0.15, 0.2) is 17.2 Å². The summed E-state index contributed by atoms with van der Waals surface area (Å²) in [5.74, 6) is 0.404. The van der Waals surface area contributed by atoms with Gasteiger partial charge in [-0.05, 0) is 18.8 Å². The van der Waals surface area contributed by atoms with E-state index in [1.165, 1.54) is 11.0 Å². The Morgan fingerprint density at radius 2 is 2.46 bits per heavy atom. The maximum Gasteiger partial charge on any atom is 0.325 e. The van der Waals surface area contributed by atoms with Gasteiger partial charge in [0.15, 0.2) is 0 Å². The number of aliphatic hydroxyl groups excluding tert-OH is 1. The van der Waals surface area contributed by atoms with Crippen molar-refractivity contribution in [1.29, 1.82) is 0 Å². The topological polar surface area (TPSA) is 58.0 Å². The van der Waals surface area contributed by atoms with E-state index >= 15 is 0 Å². The molecule has 1 aromatic heterocycles. The molecule has 4 nitrogen and oxygen atoms in total. The van der Waals surface area contributed by atoms with E-state index in [2.05, 4.69) is 4.98 Å². The van der Waals surface area contributed by atoms with Crippen LogP contribution in [0.25, 0.3) is 0 Å². The van der Waals surface area contributed by atoms with Gasteiger partial charge in [0, 0.05) is 12.4 Å². The molecular formula is C9H14N2O2. The smallest absolute Gasteiger partial charge is 0.325 e. The molecule has 1 fully saturated rings. The first-order valence-electron chi connectivity index (χ1n) is 4.69. The number of nitrogens with zero attached hydrogens (tertiary/aromatic N) is 1. The van der Waals surface area contributed by atoms with Crippen LogP contribution in [0.2, 0.25) is 0 Å². The van der Waals surface area contributed by atoms with Gasteiger partial charge in [0.25, 0.3) is 0 Å². The van der Waals surface area contributed by atoms with Gasteiger partial charge in [0.05, 0.1) is 12.6 Å². The number of H-pyrrole nitrogens is 1. The molecule has 0 spiro atoms. The molecule has 1 unspecified atom stereocenters. The third-order valence-corrected chi connectivity index (χ3v) is 2.80. The molecule has 1 heterocycles. The van der Waals surface area contributed by atoms with Gasteiger partial charge in [-0.15, -0.1) is 0 Å². The number of hydrogen-bond acceptors (Lipinski definition) is 2. The lowest BCUT2D eigenvalue weighted by molar-refractivity contribution is 0.0480. The van der Waals surface area contributed by atoms with Crippen LogP contribution < -0.4 is 5.69 Å². The number of hydrogen-bond donors (Lipinski definition) is 2. The molecule has 0 bridgehead atoms. The van der Waals surface area contributed by atoms with Gasteiger partial charge in [0.1, 0.15) is 0 Å². The summed E-state index contributed by atoms with van der Waals surface area (Å²) in [7, 11) is 0. The highest BCUT2D eigenvalue weighted by molar-refractivity contribution is 4.81. The largest absolute Gasteiger partial charge is 0.391 e. The molecule has 1 atom stereocenters. The van der Waals surface area contributed by atoms with Crippen molar-refractivity contribution in [3.63, 3.8) is 0 Å². The summed E-state index contributed by atoms with van der Waals surface area (Å²) >= 11 is 0. The van der Waals surface area contributed by atoms with Gasteiger partial charge in [-0.1, -0.05) is 6.42 Å². The SMILES string of the molecule is O=c1[nH]ccn1CC(O)C1CCC1. The summed E-state index contributed by atoms with van der Waals surface area (Å²) in [6.45, 7) is 0.424. The summed E-state index contributed by atoms with van der Waals surface area (Å²) < 4.78 is 1.52. The Labute approximate surface area is 76.2 Å². The van der Waals surface area contributed by atoms with E-state index < -0.39 is 0 Å². The van der Waals surface area contributed by atoms with Crippen molar-refractivity contribution >= 4 is 0 Å². The molecule has 2 rings (SSSR count). The van der Waals surface area contributed by atoms with E-state index in [9.17, 15) is 9.90 Å². The summed E-state index contributed by atoms with van der Waals surface area (Å²) in [6, 6.07) is 0. The molecule has 1 aliphatic rings. The Morgan fingerprint density at radius 1 is 1.69 bits per heavy atom. The predicted molar refractivity (Wildman–Crippen MR) is 48.4 cm³/mol. The number of nitrogens with one attached hydrogen (secondary N) is 1. The summed E-state index contributed by atoms with van der Waals surface area (Å²) in [5, 5.41) is 9.69. The maximum absolute atomic E-state index is 11.1. The number of imidazole rings is 1. The molecule has 0 radical (unpaired) electrons. The van der Waals surface area contributed by atoms with E-state index in [4.69, 9.17) is 0 Å². The Morgan fingerprint density at radius 3 is 2.92 bits per heavy atom. The van der Waals surface area contributed by atoms with E-state index in [1.807, 2.05) is 0 Å². The number of rotatable bonds is 3. The second kappa shape index (κ2) is 3.38. The van der Waals surface area contributed by atoms with Crippen LogP contribution >= 0.6 is 0 Å². The predicted octanol–water partition coefficient (Wildman–Crippen LogP) is 0.337. The van der Waals surface area contributed by atoms with E-state index in [1.54, 1.807) is 12.4 Å². The van der Waals surface area contributed by atoms with Crippen molar-refractivity contribution in [2.75, 3.05) is 0 Å². The zero-order valence-electron chi connectivity index (χ0n) is 7.44. The number of aliphatic hydroxyl groups is 1. The normalized spacial score (nSPS) is 19.8. The molecule has 1 aromatic rings. The fourth-order valence-corrected chi connectivity index (χ4v) is 1.67. The van der Waals surface area contributed by atoms with E-state index in [0.717, 1.165) is 12.8 Å². The molecule has 0 amide bonds. The monoisotopic (exact) mass is 182 g/mol. The first kappa shape index (κ1) is 8.56. The maximum atomic E-state index is 11.1. The highest BCUT2D eigenvalue weighted by atomic mass is 16.3. The molecule has 72 valence electrons. The summed E-state index contributed by atoms with van der Waals surface area (Å²) in [5.41, 5.74) is -0.140. The lowest BCUT2D eigenvalue weighted by Crippen LogP contribution is -2.33. The Kier molecular flexibility index (Phi) is 2.22.